The number of hydrogen-bond donors (Lipinski definition) is 1. The highest BCUT2D eigenvalue weighted by Crippen LogP contribution is 2.23. The number of aromatic nitrogens is 2. The van der Waals surface area contributed by atoms with Gasteiger partial charge in [-0.1, -0.05) is 6.92 Å². The summed E-state index contributed by atoms with van der Waals surface area (Å²) in [7, 11) is 2.02. The summed E-state index contributed by atoms with van der Waals surface area (Å²) in [5.74, 6) is 3.68. The van der Waals surface area contributed by atoms with E-state index in [4.69, 9.17) is 5.73 Å². The maximum absolute atomic E-state index is 5.61. The molecule has 2 N–H and O–H groups in total. The highest BCUT2D eigenvalue weighted by Gasteiger charge is 2.18. The number of likely N-dealkylation sites (N-methyl/N-ethyl adjacent to an activating group) is 1. The third-order valence-corrected chi connectivity index (χ3v) is 3.77. The average Bonchev–Trinajstić information content (AvgIpc) is 2.39. The lowest BCUT2D eigenvalue weighted by Crippen LogP contribution is -2.34. The molecule has 0 unspecified atom stereocenters. The number of hydrogen-bond acceptors (Lipinski definition) is 5. The van der Waals surface area contributed by atoms with Crippen molar-refractivity contribution >= 4 is 11.6 Å². The minimum Gasteiger partial charge on any atom is -0.358 e. The van der Waals surface area contributed by atoms with Crippen molar-refractivity contribution < 1.29 is 0 Å². The van der Waals surface area contributed by atoms with Gasteiger partial charge in [0, 0.05) is 39.3 Å². The molecule has 5 nitrogen and oxygen atoms in total. The van der Waals surface area contributed by atoms with Crippen LogP contribution in [0.25, 0.3) is 0 Å². The molecule has 5 heteroatoms. The van der Waals surface area contributed by atoms with Crippen molar-refractivity contribution in [1.82, 2.24) is 9.97 Å². The molecule has 0 atom stereocenters. The van der Waals surface area contributed by atoms with Crippen molar-refractivity contribution in [3.05, 3.63) is 11.9 Å². The van der Waals surface area contributed by atoms with Gasteiger partial charge in [0.1, 0.15) is 17.5 Å². The molecule has 19 heavy (non-hydrogen) atoms. The molecule has 0 bridgehead atoms. The van der Waals surface area contributed by atoms with Crippen LogP contribution in [0.15, 0.2) is 6.07 Å². The van der Waals surface area contributed by atoms with E-state index in [1.165, 1.54) is 12.8 Å². The standard InChI is InChI=1S/C14H25N5/c1-11-4-7-19(8-5-11)14-10-13(16-12(2)17-14)18(3)9-6-15/h10-11H,4-9,15H2,1-3H3. The zero-order valence-corrected chi connectivity index (χ0v) is 12.3. The first-order chi connectivity index (χ1) is 9.10. The van der Waals surface area contributed by atoms with E-state index in [-0.39, 0.29) is 0 Å². The Kier molecular flexibility index (Phi) is 4.58. The first-order valence-electron chi connectivity index (χ1n) is 7.12. The van der Waals surface area contributed by atoms with Crippen molar-refractivity contribution in [3.63, 3.8) is 0 Å². The van der Waals surface area contributed by atoms with E-state index < -0.39 is 0 Å². The van der Waals surface area contributed by atoms with E-state index in [2.05, 4.69) is 32.8 Å². The molecule has 1 fully saturated rings. The lowest BCUT2D eigenvalue weighted by atomic mass is 9.99. The van der Waals surface area contributed by atoms with E-state index in [9.17, 15) is 0 Å². The van der Waals surface area contributed by atoms with Crippen LogP contribution in [0.5, 0.6) is 0 Å². The second-order valence-corrected chi connectivity index (χ2v) is 5.51. The Bertz CT molecular complexity index is 412. The maximum Gasteiger partial charge on any atom is 0.134 e. The topological polar surface area (TPSA) is 58.3 Å². The summed E-state index contributed by atoms with van der Waals surface area (Å²) in [6.07, 6.45) is 2.49. The molecular formula is C14H25N5. The zero-order chi connectivity index (χ0) is 13.8. The Morgan fingerprint density at radius 2 is 2.05 bits per heavy atom. The van der Waals surface area contributed by atoms with Crippen LogP contribution in [-0.4, -0.2) is 43.2 Å². The predicted octanol–water partition coefficient (Wildman–Crippen LogP) is 1.42. The lowest BCUT2D eigenvalue weighted by molar-refractivity contribution is 0.436. The molecule has 106 valence electrons. The van der Waals surface area contributed by atoms with E-state index in [1.807, 2.05) is 14.0 Å². The fourth-order valence-corrected chi connectivity index (χ4v) is 2.44. The lowest BCUT2D eigenvalue weighted by Gasteiger charge is -2.32. The minimum absolute atomic E-state index is 0.635. The number of nitrogens with zero attached hydrogens (tertiary/aromatic N) is 4. The maximum atomic E-state index is 5.61. The van der Waals surface area contributed by atoms with Gasteiger partial charge in [-0.05, 0) is 25.7 Å². The second kappa shape index (κ2) is 6.19. The Balaban J connectivity index is 2.16. The summed E-state index contributed by atoms with van der Waals surface area (Å²) in [5, 5.41) is 0. The zero-order valence-electron chi connectivity index (χ0n) is 12.3. The molecule has 0 aliphatic carbocycles. The number of aryl methyl sites for hydroxylation is 1. The molecule has 0 aromatic carbocycles. The summed E-state index contributed by atoms with van der Waals surface area (Å²) in [6, 6.07) is 2.08. The van der Waals surface area contributed by atoms with Gasteiger partial charge >= 0.3 is 0 Å². The largest absolute Gasteiger partial charge is 0.358 e. The van der Waals surface area contributed by atoms with Crippen LogP contribution in [0.3, 0.4) is 0 Å². The Morgan fingerprint density at radius 3 is 2.68 bits per heavy atom. The molecule has 0 radical (unpaired) electrons. The third kappa shape index (κ3) is 3.56. The number of nitrogens with two attached hydrogens (primary N) is 1. The Morgan fingerprint density at radius 1 is 1.37 bits per heavy atom. The highest BCUT2D eigenvalue weighted by atomic mass is 15.2. The van der Waals surface area contributed by atoms with Gasteiger partial charge in [0.05, 0.1) is 0 Å². The smallest absolute Gasteiger partial charge is 0.134 e. The summed E-state index contributed by atoms with van der Waals surface area (Å²) in [6.45, 7) is 7.91. The van der Waals surface area contributed by atoms with Crippen molar-refractivity contribution in [1.29, 1.82) is 0 Å². The summed E-state index contributed by atoms with van der Waals surface area (Å²) in [4.78, 5) is 13.5. The molecule has 0 spiro atoms. The third-order valence-electron chi connectivity index (χ3n) is 3.77. The van der Waals surface area contributed by atoms with Crippen molar-refractivity contribution in [2.45, 2.75) is 26.7 Å². The quantitative estimate of drug-likeness (QED) is 0.890. The van der Waals surface area contributed by atoms with Crippen LogP contribution >= 0.6 is 0 Å². The van der Waals surface area contributed by atoms with Gasteiger partial charge in [-0.3, -0.25) is 0 Å². The van der Waals surface area contributed by atoms with E-state index >= 15 is 0 Å². The van der Waals surface area contributed by atoms with Crippen molar-refractivity contribution in [2.24, 2.45) is 11.7 Å². The Hall–Kier alpha value is -1.36. The van der Waals surface area contributed by atoms with Crippen LogP contribution < -0.4 is 15.5 Å². The van der Waals surface area contributed by atoms with Crippen molar-refractivity contribution in [3.8, 4) is 0 Å². The molecule has 0 saturated carbocycles. The van der Waals surface area contributed by atoms with Crippen LogP contribution in [0.4, 0.5) is 11.6 Å². The van der Waals surface area contributed by atoms with E-state index in [1.54, 1.807) is 0 Å². The monoisotopic (exact) mass is 263 g/mol. The SMILES string of the molecule is Cc1nc(N(C)CCN)cc(N2CCC(C)CC2)n1. The molecule has 2 rings (SSSR count). The predicted molar refractivity (Wildman–Crippen MR) is 79.7 cm³/mol. The second-order valence-electron chi connectivity index (χ2n) is 5.51. The van der Waals surface area contributed by atoms with E-state index in [0.29, 0.717) is 6.54 Å². The van der Waals surface area contributed by atoms with Gasteiger partial charge in [-0.25, -0.2) is 9.97 Å². The van der Waals surface area contributed by atoms with Gasteiger partial charge in [0.2, 0.25) is 0 Å². The fourth-order valence-electron chi connectivity index (χ4n) is 2.44. The molecular weight excluding hydrogens is 238 g/mol. The van der Waals surface area contributed by atoms with Gasteiger partial charge < -0.3 is 15.5 Å². The van der Waals surface area contributed by atoms with Gasteiger partial charge in [-0.2, -0.15) is 0 Å². The normalized spacial score (nSPS) is 16.7. The molecule has 0 amide bonds. The minimum atomic E-state index is 0.635. The molecule has 1 aromatic heterocycles. The van der Waals surface area contributed by atoms with Crippen LogP contribution in [0.1, 0.15) is 25.6 Å². The number of anilines is 2. The van der Waals surface area contributed by atoms with Crippen LogP contribution in [0.2, 0.25) is 0 Å². The molecule has 1 aliphatic heterocycles. The first-order valence-corrected chi connectivity index (χ1v) is 7.12. The van der Waals surface area contributed by atoms with E-state index in [0.717, 1.165) is 43.0 Å². The van der Waals surface area contributed by atoms with Gasteiger partial charge in [0.25, 0.3) is 0 Å². The van der Waals surface area contributed by atoms with Gasteiger partial charge in [0.15, 0.2) is 0 Å². The number of rotatable bonds is 4. The number of piperidine rings is 1. The molecule has 1 saturated heterocycles. The van der Waals surface area contributed by atoms with Crippen LogP contribution in [-0.2, 0) is 0 Å². The summed E-state index contributed by atoms with van der Waals surface area (Å²) in [5.41, 5.74) is 5.61. The molecule has 1 aromatic rings. The summed E-state index contributed by atoms with van der Waals surface area (Å²) >= 11 is 0. The highest BCUT2D eigenvalue weighted by molar-refractivity contribution is 5.50. The Labute approximate surface area is 115 Å². The molecule has 2 heterocycles. The summed E-state index contributed by atoms with van der Waals surface area (Å²) < 4.78 is 0. The van der Waals surface area contributed by atoms with Gasteiger partial charge in [-0.15, -0.1) is 0 Å². The van der Waals surface area contributed by atoms with Crippen molar-refractivity contribution in [2.75, 3.05) is 43.0 Å². The average molecular weight is 263 g/mol. The fraction of sp³-hybridized carbons (Fsp3) is 0.714. The van der Waals surface area contributed by atoms with Crippen LogP contribution in [0, 0.1) is 12.8 Å². The molecule has 1 aliphatic rings. The first kappa shape index (κ1) is 14.1.